The highest BCUT2D eigenvalue weighted by atomic mass is 16.2. The molecule has 0 fully saturated rings. The zero-order valence-corrected chi connectivity index (χ0v) is 11.5. The van der Waals surface area contributed by atoms with Gasteiger partial charge in [-0.15, -0.1) is 0 Å². The molecule has 102 valence electrons. The Balaban J connectivity index is 2.29. The quantitative estimate of drug-likeness (QED) is 0.930. The normalized spacial score (nSPS) is 9.90. The summed E-state index contributed by atoms with van der Waals surface area (Å²) in [5, 5.41) is 2.78. The highest BCUT2D eigenvalue weighted by Gasteiger charge is 2.17. The molecule has 0 aliphatic carbocycles. The second kappa shape index (κ2) is 6.02. The Bertz CT molecular complexity index is 621. The van der Waals surface area contributed by atoms with Crippen molar-refractivity contribution in [1.82, 2.24) is 4.90 Å². The molecule has 2 aromatic carbocycles. The minimum absolute atomic E-state index is 0.191. The van der Waals surface area contributed by atoms with E-state index in [-0.39, 0.29) is 11.8 Å². The number of anilines is 1. The van der Waals surface area contributed by atoms with E-state index in [1.807, 2.05) is 18.2 Å². The lowest BCUT2D eigenvalue weighted by Gasteiger charge is -2.14. The molecule has 0 unspecified atom stereocenters. The van der Waals surface area contributed by atoms with Crippen molar-refractivity contribution in [2.24, 2.45) is 0 Å². The third-order valence-corrected chi connectivity index (χ3v) is 2.84. The van der Waals surface area contributed by atoms with Crippen LogP contribution in [0.5, 0.6) is 0 Å². The maximum atomic E-state index is 12.3. The van der Waals surface area contributed by atoms with Gasteiger partial charge in [-0.05, 0) is 24.3 Å². The number of hydrogen-bond acceptors (Lipinski definition) is 2. The minimum Gasteiger partial charge on any atom is -0.345 e. The maximum Gasteiger partial charge on any atom is 0.256 e. The fourth-order valence-corrected chi connectivity index (χ4v) is 1.83. The molecule has 0 bridgehead atoms. The minimum atomic E-state index is -0.290. The van der Waals surface area contributed by atoms with Crippen LogP contribution in [-0.2, 0) is 0 Å². The van der Waals surface area contributed by atoms with Crippen molar-refractivity contribution in [2.45, 2.75) is 0 Å². The molecule has 0 heterocycles. The summed E-state index contributed by atoms with van der Waals surface area (Å²) in [5.74, 6) is -0.481. The molecule has 0 aliphatic rings. The van der Waals surface area contributed by atoms with Crippen LogP contribution in [0, 0.1) is 0 Å². The molecule has 0 spiro atoms. The van der Waals surface area contributed by atoms with Crippen LogP contribution in [0.15, 0.2) is 54.6 Å². The monoisotopic (exact) mass is 268 g/mol. The number of benzene rings is 2. The van der Waals surface area contributed by atoms with E-state index in [0.717, 1.165) is 0 Å². The summed E-state index contributed by atoms with van der Waals surface area (Å²) in [5.41, 5.74) is 1.46. The molecule has 2 aromatic rings. The van der Waals surface area contributed by atoms with E-state index in [0.29, 0.717) is 16.8 Å². The second-order valence-electron chi connectivity index (χ2n) is 4.57. The van der Waals surface area contributed by atoms with Crippen LogP contribution >= 0.6 is 0 Å². The Morgan fingerprint density at radius 3 is 2.00 bits per heavy atom. The van der Waals surface area contributed by atoms with E-state index in [1.165, 1.54) is 4.90 Å². The molecule has 4 heteroatoms. The summed E-state index contributed by atoms with van der Waals surface area (Å²) < 4.78 is 0. The summed E-state index contributed by atoms with van der Waals surface area (Å²) >= 11 is 0. The number of hydrogen-bond donors (Lipinski definition) is 1. The number of para-hydroxylation sites is 1. The van der Waals surface area contributed by atoms with E-state index in [9.17, 15) is 9.59 Å². The van der Waals surface area contributed by atoms with Crippen molar-refractivity contribution in [2.75, 3.05) is 19.4 Å². The summed E-state index contributed by atoms with van der Waals surface area (Å²) in [6.45, 7) is 0. The Morgan fingerprint density at radius 2 is 1.40 bits per heavy atom. The van der Waals surface area contributed by atoms with E-state index in [4.69, 9.17) is 0 Å². The second-order valence-corrected chi connectivity index (χ2v) is 4.57. The largest absolute Gasteiger partial charge is 0.345 e. The van der Waals surface area contributed by atoms with Crippen LogP contribution in [0.1, 0.15) is 20.7 Å². The lowest BCUT2D eigenvalue weighted by atomic mass is 10.1. The van der Waals surface area contributed by atoms with Gasteiger partial charge < -0.3 is 10.2 Å². The van der Waals surface area contributed by atoms with Crippen molar-refractivity contribution in [1.29, 1.82) is 0 Å². The summed E-state index contributed by atoms with van der Waals surface area (Å²) in [6.07, 6.45) is 0. The van der Waals surface area contributed by atoms with Crippen LogP contribution in [0.25, 0.3) is 0 Å². The smallest absolute Gasteiger partial charge is 0.256 e. The van der Waals surface area contributed by atoms with Gasteiger partial charge in [0.25, 0.3) is 11.8 Å². The van der Waals surface area contributed by atoms with Crippen LogP contribution in [0.4, 0.5) is 5.69 Å². The number of rotatable bonds is 3. The lowest BCUT2D eigenvalue weighted by molar-refractivity contribution is 0.0821. The van der Waals surface area contributed by atoms with Gasteiger partial charge in [-0.1, -0.05) is 30.3 Å². The summed E-state index contributed by atoms with van der Waals surface area (Å²) in [7, 11) is 3.32. The molecule has 20 heavy (non-hydrogen) atoms. The van der Waals surface area contributed by atoms with E-state index in [1.54, 1.807) is 50.5 Å². The van der Waals surface area contributed by atoms with E-state index >= 15 is 0 Å². The van der Waals surface area contributed by atoms with Gasteiger partial charge in [0.15, 0.2) is 0 Å². The standard InChI is InChI=1S/C16H16N2O2/c1-18(2)16(20)14-11-7-6-10-13(14)15(19)17-12-8-4-3-5-9-12/h3-11H,1-2H3,(H,17,19). The van der Waals surface area contributed by atoms with Gasteiger partial charge in [0.1, 0.15) is 0 Å². The van der Waals surface area contributed by atoms with Gasteiger partial charge in [-0.3, -0.25) is 9.59 Å². The Labute approximate surface area is 118 Å². The average Bonchev–Trinajstić information content (AvgIpc) is 2.47. The molecule has 0 aromatic heterocycles. The van der Waals surface area contributed by atoms with Gasteiger partial charge in [0.05, 0.1) is 11.1 Å². The first kappa shape index (κ1) is 13.8. The number of carbonyl (C=O) groups excluding carboxylic acids is 2. The van der Waals surface area contributed by atoms with Crippen LogP contribution < -0.4 is 5.32 Å². The third kappa shape index (κ3) is 3.03. The van der Waals surface area contributed by atoms with E-state index < -0.39 is 0 Å². The highest BCUT2D eigenvalue weighted by molar-refractivity contribution is 6.12. The first-order valence-corrected chi connectivity index (χ1v) is 6.26. The van der Waals surface area contributed by atoms with Crippen LogP contribution in [0.2, 0.25) is 0 Å². The number of nitrogens with zero attached hydrogens (tertiary/aromatic N) is 1. The maximum absolute atomic E-state index is 12.3. The average molecular weight is 268 g/mol. The van der Waals surface area contributed by atoms with Crippen LogP contribution in [0.3, 0.4) is 0 Å². The first-order chi connectivity index (χ1) is 9.59. The molecule has 0 aliphatic heterocycles. The molecule has 0 atom stereocenters. The van der Waals surface area contributed by atoms with Crippen molar-refractivity contribution < 1.29 is 9.59 Å². The Hall–Kier alpha value is -2.62. The fraction of sp³-hybridized carbons (Fsp3) is 0.125. The number of amides is 2. The zero-order valence-electron chi connectivity index (χ0n) is 11.5. The number of nitrogens with one attached hydrogen (secondary N) is 1. The molecule has 1 N–H and O–H groups in total. The summed E-state index contributed by atoms with van der Waals surface area (Å²) in [6, 6.07) is 15.9. The van der Waals surface area contributed by atoms with Gasteiger partial charge in [0.2, 0.25) is 0 Å². The Morgan fingerprint density at radius 1 is 0.850 bits per heavy atom. The number of carbonyl (C=O) groups is 2. The third-order valence-electron chi connectivity index (χ3n) is 2.84. The van der Waals surface area contributed by atoms with Gasteiger partial charge in [-0.2, -0.15) is 0 Å². The van der Waals surface area contributed by atoms with Crippen LogP contribution in [-0.4, -0.2) is 30.8 Å². The molecule has 2 rings (SSSR count). The molecular formula is C16H16N2O2. The predicted molar refractivity (Wildman–Crippen MR) is 78.9 cm³/mol. The fourth-order valence-electron chi connectivity index (χ4n) is 1.83. The van der Waals surface area contributed by atoms with Crippen molar-refractivity contribution in [3.05, 3.63) is 65.7 Å². The molecule has 2 amide bonds. The van der Waals surface area contributed by atoms with E-state index in [2.05, 4.69) is 5.32 Å². The predicted octanol–water partition coefficient (Wildman–Crippen LogP) is 2.64. The van der Waals surface area contributed by atoms with Crippen molar-refractivity contribution in [3.8, 4) is 0 Å². The van der Waals surface area contributed by atoms with Gasteiger partial charge in [-0.25, -0.2) is 0 Å². The van der Waals surface area contributed by atoms with Gasteiger partial charge >= 0.3 is 0 Å². The van der Waals surface area contributed by atoms with Gasteiger partial charge in [0, 0.05) is 19.8 Å². The molecule has 0 saturated heterocycles. The first-order valence-electron chi connectivity index (χ1n) is 6.26. The zero-order chi connectivity index (χ0) is 14.5. The molecule has 0 saturated carbocycles. The van der Waals surface area contributed by atoms with Crippen molar-refractivity contribution in [3.63, 3.8) is 0 Å². The molecular weight excluding hydrogens is 252 g/mol. The SMILES string of the molecule is CN(C)C(=O)c1ccccc1C(=O)Nc1ccccc1. The lowest BCUT2D eigenvalue weighted by Crippen LogP contribution is -2.25. The van der Waals surface area contributed by atoms with Crippen molar-refractivity contribution >= 4 is 17.5 Å². The Kier molecular flexibility index (Phi) is 4.15. The summed E-state index contributed by atoms with van der Waals surface area (Å²) in [4.78, 5) is 25.8. The topological polar surface area (TPSA) is 49.4 Å². The molecule has 4 nitrogen and oxygen atoms in total. The molecule has 0 radical (unpaired) electrons. The highest BCUT2D eigenvalue weighted by Crippen LogP contribution is 2.14.